The smallest absolute Gasteiger partial charge is 0.192 e. The Morgan fingerprint density at radius 3 is 2.81 bits per heavy atom. The van der Waals surface area contributed by atoms with Gasteiger partial charge >= 0.3 is 0 Å². The number of nitrogens with one attached hydrogen (secondary N) is 2. The average molecular weight is 409 g/mol. The van der Waals surface area contributed by atoms with Crippen LogP contribution in [0, 0.1) is 18.3 Å². The first-order valence-electron chi connectivity index (χ1n) is 7.48. The highest BCUT2D eigenvalue weighted by molar-refractivity contribution is 14.0. The highest BCUT2D eigenvalue weighted by atomic mass is 127. The fourth-order valence-corrected chi connectivity index (χ4v) is 2.00. The molecule has 0 atom stereocenters. The predicted octanol–water partition coefficient (Wildman–Crippen LogP) is 1.63. The zero-order valence-corrected chi connectivity index (χ0v) is 15.2. The summed E-state index contributed by atoms with van der Waals surface area (Å²) in [4.78, 5) is 4.43. The maximum atomic E-state index is 5.70. The van der Waals surface area contributed by atoms with Gasteiger partial charge in [-0.05, 0) is 32.1 Å². The van der Waals surface area contributed by atoms with Gasteiger partial charge in [-0.3, -0.25) is 4.99 Å². The van der Waals surface area contributed by atoms with Crippen molar-refractivity contribution in [1.82, 2.24) is 10.6 Å². The van der Waals surface area contributed by atoms with Crippen LogP contribution in [0.25, 0.3) is 0 Å². The number of hydrogen-bond donors (Lipinski definition) is 2. The highest BCUT2D eigenvalue weighted by Crippen LogP contribution is 2.14. The number of aliphatic imine (C=N–C) groups is 1. The summed E-state index contributed by atoms with van der Waals surface area (Å²) in [7, 11) is 0. The van der Waals surface area contributed by atoms with E-state index in [9.17, 15) is 0 Å². The minimum Gasteiger partial charge on any atom is -0.381 e. The Morgan fingerprint density at radius 2 is 2.14 bits per heavy atom. The molecule has 1 saturated heterocycles. The van der Waals surface area contributed by atoms with Crippen LogP contribution in [-0.2, 0) is 9.47 Å². The van der Waals surface area contributed by atoms with Gasteiger partial charge in [-0.15, -0.1) is 30.4 Å². The Balaban J connectivity index is 0.00000400. The van der Waals surface area contributed by atoms with E-state index < -0.39 is 0 Å². The SMILES string of the molecule is C#CCNC(=NCCCOCC1CCOCC1)NCC.I. The number of halogens is 1. The molecule has 0 unspecified atom stereocenters. The summed E-state index contributed by atoms with van der Waals surface area (Å²) in [6.45, 7) is 7.47. The Bertz CT molecular complexity index is 313. The van der Waals surface area contributed by atoms with Crippen molar-refractivity contribution < 1.29 is 9.47 Å². The van der Waals surface area contributed by atoms with Crippen LogP contribution in [0.5, 0.6) is 0 Å². The summed E-state index contributed by atoms with van der Waals surface area (Å²) < 4.78 is 11.0. The van der Waals surface area contributed by atoms with Crippen molar-refractivity contribution in [2.24, 2.45) is 10.9 Å². The molecule has 0 aromatic heterocycles. The van der Waals surface area contributed by atoms with Crippen molar-refractivity contribution in [3.63, 3.8) is 0 Å². The normalized spacial score (nSPS) is 15.9. The molecular formula is C15H28IN3O2. The van der Waals surface area contributed by atoms with Crippen LogP contribution < -0.4 is 10.6 Å². The van der Waals surface area contributed by atoms with Gasteiger partial charge in [-0.1, -0.05) is 5.92 Å². The Hall–Kier alpha value is -0.520. The monoisotopic (exact) mass is 409 g/mol. The van der Waals surface area contributed by atoms with Crippen LogP contribution in [-0.4, -0.2) is 52.0 Å². The molecule has 0 amide bonds. The second-order valence-corrected chi connectivity index (χ2v) is 4.80. The van der Waals surface area contributed by atoms with Crippen LogP contribution in [0.4, 0.5) is 0 Å². The number of nitrogens with zero attached hydrogens (tertiary/aromatic N) is 1. The fourth-order valence-electron chi connectivity index (χ4n) is 2.00. The van der Waals surface area contributed by atoms with Gasteiger partial charge in [-0.2, -0.15) is 0 Å². The molecular weight excluding hydrogens is 381 g/mol. The Morgan fingerprint density at radius 1 is 1.38 bits per heavy atom. The molecule has 1 rings (SSSR count). The van der Waals surface area contributed by atoms with E-state index in [1.165, 1.54) is 0 Å². The zero-order valence-electron chi connectivity index (χ0n) is 12.9. The van der Waals surface area contributed by atoms with Gasteiger partial charge < -0.3 is 20.1 Å². The first kappa shape index (κ1) is 20.5. The molecule has 1 aliphatic rings. The first-order valence-corrected chi connectivity index (χ1v) is 7.48. The van der Waals surface area contributed by atoms with Crippen LogP contribution in [0.2, 0.25) is 0 Å². The molecule has 0 radical (unpaired) electrons. The van der Waals surface area contributed by atoms with Crippen molar-refractivity contribution in [1.29, 1.82) is 0 Å². The Labute approximate surface area is 145 Å². The quantitative estimate of drug-likeness (QED) is 0.210. The zero-order chi connectivity index (χ0) is 14.5. The highest BCUT2D eigenvalue weighted by Gasteiger charge is 2.13. The summed E-state index contributed by atoms with van der Waals surface area (Å²) >= 11 is 0. The third-order valence-corrected chi connectivity index (χ3v) is 3.11. The lowest BCUT2D eigenvalue weighted by Gasteiger charge is -2.21. The molecule has 21 heavy (non-hydrogen) atoms. The molecule has 6 heteroatoms. The van der Waals surface area contributed by atoms with E-state index in [0.29, 0.717) is 12.5 Å². The van der Waals surface area contributed by atoms with Gasteiger partial charge in [-0.25, -0.2) is 0 Å². The standard InChI is InChI=1S/C15H27N3O2.HI/c1-3-8-17-15(16-4-2)18-9-5-10-20-13-14-6-11-19-12-7-14;/h1,14H,4-13H2,2H3,(H2,16,17,18);1H. The number of hydrogen-bond acceptors (Lipinski definition) is 3. The molecule has 1 fully saturated rings. The van der Waals surface area contributed by atoms with E-state index in [2.05, 4.69) is 21.5 Å². The van der Waals surface area contributed by atoms with Gasteiger partial charge in [0, 0.05) is 39.5 Å². The van der Waals surface area contributed by atoms with Gasteiger partial charge in [0.05, 0.1) is 6.54 Å². The second-order valence-electron chi connectivity index (χ2n) is 4.80. The summed E-state index contributed by atoms with van der Waals surface area (Å²) in [5.41, 5.74) is 0. The van der Waals surface area contributed by atoms with Crippen molar-refractivity contribution >= 4 is 29.9 Å². The lowest BCUT2D eigenvalue weighted by atomic mass is 10.0. The summed E-state index contributed by atoms with van der Waals surface area (Å²) in [5.74, 6) is 3.98. The fraction of sp³-hybridized carbons (Fsp3) is 0.800. The van der Waals surface area contributed by atoms with Crippen LogP contribution in [0.1, 0.15) is 26.2 Å². The van der Waals surface area contributed by atoms with Crippen molar-refractivity contribution in [2.75, 3.05) is 46.1 Å². The molecule has 0 bridgehead atoms. The molecule has 0 spiro atoms. The molecule has 1 aliphatic heterocycles. The largest absolute Gasteiger partial charge is 0.381 e. The van der Waals surface area contributed by atoms with E-state index in [1.807, 2.05) is 6.92 Å². The number of guanidine groups is 1. The van der Waals surface area contributed by atoms with Crippen molar-refractivity contribution in [2.45, 2.75) is 26.2 Å². The summed E-state index contributed by atoms with van der Waals surface area (Å²) in [6, 6.07) is 0. The maximum absolute atomic E-state index is 5.70. The average Bonchev–Trinajstić information content (AvgIpc) is 2.49. The lowest BCUT2D eigenvalue weighted by Crippen LogP contribution is -2.37. The molecule has 0 saturated carbocycles. The van der Waals surface area contributed by atoms with Gasteiger partial charge in [0.1, 0.15) is 0 Å². The van der Waals surface area contributed by atoms with Crippen LogP contribution in [0.3, 0.4) is 0 Å². The number of rotatable bonds is 8. The molecule has 0 aliphatic carbocycles. The molecule has 0 aromatic rings. The number of ether oxygens (including phenoxy) is 2. The van der Waals surface area contributed by atoms with Crippen LogP contribution in [0.15, 0.2) is 4.99 Å². The summed E-state index contributed by atoms with van der Waals surface area (Å²) in [6.07, 6.45) is 8.39. The van der Waals surface area contributed by atoms with Gasteiger partial charge in [0.2, 0.25) is 0 Å². The van der Waals surface area contributed by atoms with Gasteiger partial charge in [0.15, 0.2) is 5.96 Å². The predicted molar refractivity (Wildman–Crippen MR) is 97.2 cm³/mol. The molecule has 0 aromatic carbocycles. The van der Waals surface area contributed by atoms with Gasteiger partial charge in [0.25, 0.3) is 0 Å². The topological polar surface area (TPSA) is 54.9 Å². The van der Waals surface area contributed by atoms with E-state index in [0.717, 1.165) is 64.7 Å². The van der Waals surface area contributed by atoms with Crippen LogP contribution >= 0.6 is 24.0 Å². The van der Waals surface area contributed by atoms with E-state index in [-0.39, 0.29) is 24.0 Å². The number of terminal acetylenes is 1. The molecule has 1 heterocycles. The van der Waals surface area contributed by atoms with E-state index in [4.69, 9.17) is 15.9 Å². The summed E-state index contributed by atoms with van der Waals surface area (Å²) in [5, 5.41) is 6.21. The third kappa shape index (κ3) is 10.8. The second kappa shape index (κ2) is 14.4. The minimum atomic E-state index is 0. The third-order valence-electron chi connectivity index (χ3n) is 3.11. The maximum Gasteiger partial charge on any atom is 0.192 e. The molecule has 2 N–H and O–H groups in total. The van der Waals surface area contributed by atoms with E-state index >= 15 is 0 Å². The van der Waals surface area contributed by atoms with Crippen molar-refractivity contribution in [3.8, 4) is 12.3 Å². The molecule has 5 nitrogen and oxygen atoms in total. The van der Waals surface area contributed by atoms with E-state index in [1.54, 1.807) is 0 Å². The minimum absolute atomic E-state index is 0. The Kier molecular flexibility index (Phi) is 14.1. The molecule has 122 valence electrons. The van der Waals surface area contributed by atoms with Crippen molar-refractivity contribution in [3.05, 3.63) is 0 Å². The lowest BCUT2D eigenvalue weighted by molar-refractivity contribution is 0.0205. The first-order chi connectivity index (χ1) is 9.86.